The average Bonchev–Trinajstić information content (AvgIpc) is 3.00. The lowest BCUT2D eigenvalue weighted by Crippen LogP contribution is -2.17. The van der Waals surface area contributed by atoms with E-state index in [0.717, 1.165) is 31.4 Å². The highest BCUT2D eigenvalue weighted by molar-refractivity contribution is 7.14. The molecule has 0 bridgehead atoms. The van der Waals surface area contributed by atoms with Crippen LogP contribution >= 0.6 is 11.3 Å². The monoisotopic (exact) mass is 327 g/mol. The molecule has 1 amide bonds. The zero-order chi connectivity index (χ0) is 15.7. The third-order valence-electron chi connectivity index (χ3n) is 3.32. The fourth-order valence-corrected chi connectivity index (χ4v) is 3.52. The van der Waals surface area contributed by atoms with Gasteiger partial charge in [-0.3, -0.25) is 4.79 Å². The SMILES string of the molecule is O=C(Nc1ccc(OC(F)(F)F)cc1)c1cc2c(s1)CCC2. The van der Waals surface area contributed by atoms with Crippen LogP contribution in [0.25, 0.3) is 0 Å². The fraction of sp³-hybridized carbons (Fsp3) is 0.267. The summed E-state index contributed by atoms with van der Waals surface area (Å²) >= 11 is 1.47. The summed E-state index contributed by atoms with van der Waals surface area (Å²) in [6, 6.07) is 6.97. The molecule has 2 aromatic rings. The van der Waals surface area contributed by atoms with E-state index in [0.29, 0.717) is 10.6 Å². The standard InChI is InChI=1S/C15H12F3NO2S/c16-15(17,18)21-11-6-4-10(5-7-11)19-14(20)13-8-9-2-1-3-12(9)22-13/h4-8H,1-3H2,(H,19,20). The van der Waals surface area contributed by atoms with Crippen molar-refractivity contribution in [2.45, 2.75) is 25.6 Å². The van der Waals surface area contributed by atoms with Gasteiger partial charge in [0.2, 0.25) is 0 Å². The zero-order valence-electron chi connectivity index (χ0n) is 11.4. The fourth-order valence-electron chi connectivity index (χ4n) is 2.37. The highest BCUT2D eigenvalue weighted by atomic mass is 32.1. The molecule has 0 unspecified atom stereocenters. The molecule has 1 N–H and O–H groups in total. The van der Waals surface area contributed by atoms with Crippen molar-refractivity contribution in [3.05, 3.63) is 45.6 Å². The van der Waals surface area contributed by atoms with E-state index >= 15 is 0 Å². The van der Waals surface area contributed by atoms with Gasteiger partial charge in [0.15, 0.2) is 0 Å². The van der Waals surface area contributed by atoms with Crippen LogP contribution in [0.4, 0.5) is 18.9 Å². The lowest BCUT2D eigenvalue weighted by molar-refractivity contribution is -0.274. The van der Waals surface area contributed by atoms with Gasteiger partial charge in [0.25, 0.3) is 5.91 Å². The van der Waals surface area contributed by atoms with E-state index in [1.807, 2.05) is 6.07 Å². The first-order valence-corrected chi connectivity index (χ1v) is 7.51. The van der Waals surface area contributed by atoms with Gasteiger partial charge in [-0.05, 0) is 55.2 Å². The van der Waals surface area contributed by atoms with Gasteiger partial charge in [0, 0.05) is 10.6 Å². The summed E-state index contributed by atoms with van der Waals surface area (Å²) in [6.45, 7) is 0. The Morgan fingerprint density at radius 3 is 2.55 bits per heavy atom. The van der Waals surface area contributed by atoms with E-state index < -0.39 is 6.36 Å². The first-order valence-electron chi connectivity index (χ1n) is 6.69. The quantitative estimate of drug-likeness (QED) is 0.908. The summed E-state index contributed by atoms with van der Waals surface area (Å²) in [6.07, 6.45) is -1.58. The van der Waals surface area contributed by atoms with Crippen LogP contribution in [-0.2, 0) is 12.8 Å². The molecule has 0 fully saturated rings. The van der Waals surface area contributed by atoms with Crippen molar-refractivity contribution in [2.75, 3.05) is 5.32 Å². The number of thiophene rings is 1. The molecular weight excluding hydrogens is 315 g/mol. The van der Waals surface area contributed by atoms with Crippen LogP contribution in [0.15, 0.2) is 30.3 Å². The number of aryl methyl sites for hydroxylation is 2. The number of halogens is 3. The lowest BCUT2D eigenvalue weighted by atomic mass is 10.2. The Morgan fingerprint density at radius 2 is 1.91 bits per heavy atom. The molecule has 1 aliphatic rings. The van der Waals surface area contributed by atoms with E-state index in [1.165, 1.54) is 33.9 Å². The van der Waals surface area contributed by atoms with Gasteiger partial charge in [0.1, 0.15) is 5.75 Å². The maximum Gasteiger partial charge on any atom is 0.573 e. The molecule has 1 aromatic carbocycles. The van der Waals surface area contributed by atoms with Crippen LogP contribution in [0.3, 0.4) is 0 Å². The molecule has 116 valence electrons. The molecule has 7 heteroatoms. The average molecular weight is 327 g/mol. The molecule has 22 heavy (non-hydrogen) atoms. The number of hydrogen-bond acceptors (Lipinski definition) is 3. The Morgan fingerprint density at radius 1 is 1.18 bits per heavy atom. The molecule has 0 radical (unpaired) electrons. The van der Waals surface area contributed by atoms with Crippen molar-refractivity contribution in [2.24, 2.45) is 0 Å². The number of hydrogen-bond donors (Lipinski definition) is 1. The number of rotatable bonds is 3. The minimum atomic E-state index is -4.72. The van der Waals surface area contributed by atoms with Crippen LogP contribution in [0.5, 0.6) is 5.75 Å². The molecule has 1 heterocycles. The molecule has 0 saturated heterocycles. The summed E-state index contributed by atoms with van der Waals surface area (Å²) in [5, 5.41) is 2.67. The molecule has 1 aromatic heterocycles. The summed E-state index contributed by atoms with van der Waals surface area (Å²) < 4.78 is 40.0. The summed E-state index contributed by atoms with van der Waals surface area (Å²) in [4.78, 5) is 14.0. The smallest absolute Gasteiger partial charge is 0.406 e. The lowest BCUT2D eigenvalue weighted by Gasteiger charge is -2.09. The Bertz CT molecular complexity index is 670. The number of carbonyl (C=O) groups excluding carboxylic acids is 1. The number of alkyl halides is 3. The minimum absolute atomic E-state index is 0.246. The second-order valence-corrected chi connectivity index (χ2v) is 6.08. The normalized spacial score (nSPS) is 13.8. The number of carbonyl (C=O) groups is 1. The number of nitrogens with one attached hydrogen (secondary N) is 1. The number of amides is 1. The number of fused-ring (bicyclic) bond motifs is 1. The van der Waals surface area contributed by atoms with Gasteiger partial charge in [-0.1, -0.05) is 0 Å². The van der Waals surface area contributed by atoms with Crippen molar-refractivity contribution < 1.29 is 22.7 Å². The number of benzene rings is 1. The van der Waals surface area contributed by atoms with Crippen molar-refractivity contribution in [1.29, 1.82) is 0 Å². The van der Waals surface area contributed by atoms with Crippen LogP contribution in [0.1, 0.15) is 26.5 Å². The summed E-state index contributed by atoms with van der Waals surface area (Å²) in [5.41, 5.74) is 1.65. The predicted molar refractivity (Wildman–Crippen MR) is 77.4 cm³/mol. The topological polar surface area (TPSA) is 38.3 Å². The van der Waals surface area contributed by atoms with Crippen molar-refractivity contribution >= 4 is 22.9 Å². The third-order valence-corrected chi connectivity index (χ3v) is 4.55. The highest BCUT2D eigenvalue weighted by Gasteiger charge is 2.31. The maximum atomic E-state index is 12.1. The third kappa shape index (κ3) is 3.41. The molecule has 3 nitrogen and oxygen atoms in total. The number of ether oxygens (including phenoxy) is 1. The molecule has 0 aliphatic heterocycles. The van der Waals surface area contributed by atoms with Gasteiger partial charge >= 0.3 is 6.36 Å². The van der Waals surface area contributed by atoms with Gasteiger partial charge in [-0.25, -0.2) is 0 Å². The van der Waals surface area contributed by atoms with E-state index in [2.05, 4.69) is 10.1 Å². The number of anilines is 1. The van der Waals surface area contributed by atoms with Crippen molar-refractivity contribution in [1.82, 2.24) is 0 Å². The Hall–Kier alpha value is -2.02. The van der Waals surface area contributed by atoms with Crippen molar-refractivity contribution in [3.8, 4) is 5.75 Å². The van der Waals surface area contributed by atoms with E-state index in [9.17, 15) is 18.0 Å². The summed E-state index contributed by atoms with van der Waals surface area (Å²) in [7, 11) is 0. The van der Waals surface area contributed by atoms with Gasteiger partial charge in [-0.2, -0.15) is 0 Å². The van der Waals surface area contributed by atoms with Crippen molar-refractivity contribution in [3.63, 3.8) is 0 Å². The molecular formula is C15H12F3NO2S. The maximum absolute atomic E-state index is 12.1. The molecule has 3 rings (SSSR count). The van der Waals surface area contributed by atoms with Crippen LogP contribution in [0, 0.1) is 0 Å². The second-order valence-electron chi connectivity index (χ2n) is 4.94. The summed E-state index contributed by atoms with van der Waals surface area (Å²) in [5.74, 6) is -0.565. The van der Waals surface area contributed by atoms with E-state index in [4.69, 9.17) is 0 Å². The molecule has 0 saturated carbocycles. The Labute approximate surface area is 128 Å². The molecule has 0 atom stereocenters. The highest BCUT2D eigenvalue weighted by Crippen LogP contribution is 2.31. The van der Waals surface area contributed by atoms with E-state index in [-0.39, 0.29) is 11.7 Å². The van der Waals surface area contributed by atoms with Crippen LogP contribution in [0.2, 0.25) is 0 Å². The first kappa shape index (κ1) is 14.9. The minimum Gasteiger partial charge on any atom is -0.406 e. The van der Waals surface area contributed by atoms with Gasteiger partial charge in [-0.15, -0.1) is 24.5 Å². The second kappa shape index (κ2) is 5.64. The Balaban J connectivity index is 1.66. The van der Waals surface area contributed by atoms with Crippen LogP contribution in [-0.4, -0.2) is 12.3 Å². The molecule has 0 spiro atoms. The largest absolute Gasteiger partial charge is 0.573 e. The first-order chi connectivity index (χ1) is 10.4. The Kier molecular flexibility index (Phi) is 3.82. The van der Waals surface area contributed by atoms with Crippen LogP contribution < -0.4 is 10.1 Å². The van der Waals surface area contributed by atoms with E-state index in [1.54, 1.807) is 0 Å². The van der Waals surface area contributed by atoms with Gasteiger partial charge in [0.05, 0.1) is 4.88 Å². The molecule has 1 aliphatic carbocycles. The van der Waals surface area contributed by atoms with Gasteiger partial charge < -0.3 is 10.1 Å². The zero-order valence-corrected chi connectivity index (χ0v) is 12.2. The predicted octanol–water partition coefficient (Wildman–Crippen LogP) is 4.39.